The van der Waals surface area contributed by atoms with E-state index in [0.717, 1.165) is 18.4 Å². The molecule has 0 radical (unpaired) electrons. The highest BCUT2D eigenvalue weighted by Gasteiger charge is 2.25. The van der Waals surface area contributed by atoms with Crippen LogP contribution < -0.4 is 0 Å². The third kappa shape index (κ3) is 3.00. The van der Waals surface area contributed by atoms with Gasteiger partial charge in [-0.05, 0) is 30.9 Å². The first-order valence-corrected chi connectivity index (χ1v) is 8.26. The van der Waals surface area contributed by atoms with Crippen molar-refractivity contribution in [1.29, 1.82) is 0 Å². The van der Waals surface area contributed by atoms with Crippen molar-refractivity contribution in [2.45, 2.75) is 31.6 Å². The molecule has 1 aliphatic rings. The molecule has 0 saturated heterocycles. The number of benzene rings is 1. The highest BCUT2D eigenvalue weighted by Crippen LogP contribution is 2.41. The Bertz CT molecular complexity index is 658. The molecule has 1 fully saturated rings. The van der Waals surface area contributed by atoms with Crippen LogP contribution >= 0.6 is 46.4 Å². The molecule has 0 unspecified atom stereocenters. The lowest BCUT2D eigenvalue weighted by atomic mass is 10.0. The van der Waals surface area contributed by atoms with Crippen molar-refractivity contribution in [2.24, 2.45) is 0 Å². The number of hydrogen-bond acceptors (Lipinski definition) is 2. The summed E-state index contributed by atoms with van der Waals surface area (Å²) < 4.78 is 0. The molecule has 3 rings (SSSR count). The highest BCUT2D eigenvalue weighted by molar-refractivity contribution is 6.43. The molecule has 0 bridgehead atoms. The van der Waals surface area contributed by atoms with Gasteiger partial charge in [0.15, 0.2) is 5.82 Å². The number of rotatable bonds is 2. The Hall–Kier alpha value is -0.540. The first kappa shape index (κ1) is 15.4. The topological polar surface area (TPSA) is 25.8 Å². The van der Waals surface area contributed by atoms with Crippen LogP contribution in [-0.2, 0) is 0 Å². The van der Waals surface area contributed by atoms with Crippen LogP contribution in [0.15, 0.2) is 18.2 Å². The summed E-state index contributed by atoms with van der Waals surface area (Å²) in [4.78, 5) is 8.76. The maximum Gasteiger partial charge on any atom is 0.164 e. The Morgan fingerprint density at radius 2 is 1.52 bits per heavy atom. The van der Waals surface area contributed by atoms with Crippen molar-refractivity contribution in [3.63, 3.8) is 0 Å². The molecule has 1 heterocycles. The molecule has 0 spiro atoms. The van der Waals surface area contributed by atoms with Gasteiger partial charge in [-0.2, -0.15) is 0 Å². The molecule has 0 amide bonds. The van der Waals surface area contributed by atoms with Gasteiger partial charge in [0.2, 0.25) is 0 Å². The van der Waals surface area contributed by atoms with Crippen molar-refractivity contribution >= 4 is 46.4 Å². The molecule has 0 aliphatic heterocycles. The van der Waals surface area contributed by atoms with Crippen LogP contribution in [0.25, 0.3) is 11.4 Å². The van der Waals surface area contributed by atoms with Gasteiger partial charge in [-0.25, -0.2) is 9.97 Å². The Labute approximate surface area is 143 Å². The van der Waals surface area contributed by atoms with Gasteiger partial charge in [-0.3, -0.25) is 0 Å². The molecule has 1 saturated carbocycles. The highest BCUT2D eigenvalue weighted by atomic mass is 35.5. The van der Waals surface area contributed by atoms with Gasteiger partial charge in [-0.15, -0.1) is 0 Å². The summed E-state index contributed by atoms with van der Waals surface area (Å²) in [5, 5.41) is 1.67. The standard InChI is InChI=1S/C15H12Cl4N2/c16-10-7-3-6-9(12(10)17)15-20-13(18)11(14(19)21-15)8-4-1-2-5-8/h3,6-8H,1-2,4-5H2. The van der Waals surface area contributed by atoms with E-state index < -0.39 is 0 Å². The minimum atomic E-state index is 0.355. The largest absolute Gasteiger partial charge is 0.216 e. The second-order valence-electron chi connectivity index (χ2n) is 5.13. The van der Waals surface area contributed by atoms with Crippen LogP contribution in [0, 0.1) is 0 Å². The van der Waals surface area contributed by atoms with Crippen LogP contribution in [0.3, 0.4) is 0 Å². The maximum atomic E-state index is 6.35. The normalized spacial score (nSPS) is 15.6. The summed E-state index contributed by atoms with van der Waals surface area (Å²) >= 11 is 24.9. The lowest BCUT2D eigenvalue weighted by molar-refractivity contribution is 0.715. The summed E-state index contributed by atoms with van der Waals surface area (Å²) in [5.41, 5.74) is 1.49. The third-order valence-corrected chi connectivity index (χ3v) is 5.20. The van der Waals surface area contributed by atoms with E-state index in [2.05, 4.69) is 9.97 Å². The molecular formula is C15H12Cl4N2. The van der Waals surface area contributed by atoms with E-state index in [0.29, 0.717) is 37.7 Å². The Kier molecular flexibility index (Phi) is 4.60. The fourth-order valence-electron chi connectivity index (χ4n) is 2.76. The molecule has 21 heavy (non-hydrogen) atoms. The summed E-state index contributed by atoms with van der Waals surface area (Å²) in [5.74, 6) is 0.758. The number of nitrogens with zero attached hydrogens (tertiary/aromatic N) is 2. The Morgan fingerprint density at radius 3 is 2.14 bits per heavy atom. The van der Waals surface area contributed by atoms with Crippen LogP contribution in [0.1, 0.15) is 37.2 Å². The van der Waals surface area contributed by atoms with Gasteiger partial charge in [-0.1, -0.05) is 65.3 Å². The third-order valence-electron chi connectivity index (χ3n) is 3.81. The van der Waals surface area contributed by atoms with Gasteiger partial charge in [0.05, 0.1) is 10.0 Å². The fourth-order valence-corrected chi connectivity index (χ4v) is 3.85. The molecule has 0 N–H and O–H groups in total. The predicted octanol–water partition coefficient (Wildman–Crippen LogP) is 6.41. The maximum absolute atomic E-state index is 6.35. The minimum Gasteiger partial charge on any atom is -0.216 e. The summed E-state index contributed by atoms with van der Waals surface area (Å²) in [6.45, 7) is 0. The van der Waals surface area contributed by atoms with E-state index in [-0.39, 0.29) is 0 Å². The number of hydrogen-bond donors (Lipinski definition) is 0. The molecule has 1 aliphatic carbocycles. The zero-order valence-corrected chi connectivity index (χ0v) is 14.1. The molecule has 2 aromatic rings. The van der Waals surface area contributed by atoms with Gasteiger partial charge >= 0.3 is 0 Å². The van der Waals surface area contributed by atoms with E-state index in [1.807, 2.05) is 0 Å². The molecular weight excluding hydrogens is 350 g/mol. The van der Waals surface area contributed by atoms with Crippen molar-refractivity contribution in [1.82, 2.24) is 9.97 Å². The molecule has 2 nitrogen and oxygen atoms in total. The van der Waals surface area contributed by atoms with Crippen LogP contribution in [0.2, 0.25) is 20.4 Å². The molecule has 1 aromatic heterocycles. The van der Waals surface area contributed by atoms with Gasteiger partial charge in [0.25, 0.3) is 0 Å². The van der Waals surface area contributed by atoms with Crippen LogP contribution in [-0.4, -0.2) is 9.97 Å². The summed E-state index contributed by atoms with van der Waals surface area (Å²) in [6, 6.07) is 5.30. The average Bonchev–Trinajstić information content (AvgIpc) is 2.95. The van der Waals surface area contributed by atoms with E-state index in [1.54, 1.807) is 18.2 Å². The Balaban J connectivity index is 2.08. The second-order valence-corrected chi connectivity index (χ2v) is 6.63. The second kappa shape index (κ2) is 6.29. The van der Waals surface area contributed by atoms with E-state index in [1.165, 1.54) is 12.8 Å². The molecule has 0 atom stereocenters. The van der Waals surface area contributed by atoms with Crippen molar-refractivity contribution in [3.8, 4) is 11.4 Å². The van der Waals surface area contributed by atoms with Crippen molar-refractivity contribution in [2.75, 3.05) is 0 Å². The summed E-state index contributed by atoms with van der Waals surface area (Å²) in [6.07, 6.45) is 4.55. The molecule has 110 valence electrons. The first-order valence-electron chi connectivity index (χ1n) is 6.75. The van der Waals surface area contributed by atoms with E-state index >= 15 is 0 Å². The quantitative estimate of drug-likeness (QED) is 0.577. The molecule has 6 heteroatoms. The average molecular weight is 362 g/mol. The number of halogens is 4. The Morgan fingerprint density at radius 1 is 0.905 bits per heavy atom. The SMILES string of the molecule is Clc1cccc(-c2nc(Cl)c(C3CCCC3)c(Cl)n2)c1Cl. The number of aromatic nitrogens is 2. The minimum absolute atomic E-state index is 0.355. The van der Waals surface area contributed by atoms with Gasteiger partial charge in [0.1, 0.15) is 10.3 Å². The molecule has 1 aromatic carbocycles. The lowest BCUT2D eigenvalue weighted by Gasteiger charge is -2.14. The van der Waals surface area contributed by atoms with Crippen molar-refractivity contribution < 1.29 is 0 Å². The van der Waals surface area contributed by atoms with Gasteiger partial charge < -0.3 is 0 Å². The monoisotopic (exact) mass is 360 g/mol. The zero-order valence-electron chi connectivity index (χ0n) is 11.0. The fraction of sp³-hybridized carbons (Fsp3) is 0.333. The zero-order chi connectivity index (χ0) is 15.0. The van der Waals surface area contributed by atoms with Crippen LogP contribution in [0.4, 0.5) is 0 Å². The lowest BCUT2D eigenvalue weighted by Crippen LogP contribution is -2.02. The first-order chi connectivity index (χ1) is 10.1. The van der Waals surface area contributed by atoms with Crippen LogP contribution in [0.5, 0.6) is 0 Å². The predicted molar refractivity (Wildman–Crippen MR) is 88.7 cm³/mol. The van der Waals surface area contributed by atoms with Crippen molar-refractivity contribution in [3.05, 3.63) is 44.1 Å². The van der Waals surface area contributed by atoms with E-state index in [4.69, 9.17) is 46.4 Å². The smallest absolute Gasteiger partial charge is 0.164 e. The van der Waals surface area contributed by atoms with Gasteiger partial charge in [0, 0.05) is 11.1 Å². The van der Waals surface area contributed by atoms with E-state index in [9.17, 15) is 0 Å². The summed E-state index contributed by atoms with van der Waals surface area (Å²) in [7, 11) is 0.